The maximum atomic E-state index is 13.0. The molecule has 4 aromatic rings. The van der Waals surface area contributed by atoms with Crippen molar-refractivity contribution in [3.8, 4) is 0 Å². The minimum atomic E-state index is -0.298. The standard InChI is InChI=1S/C22H20N4O3/c1-14-5-6-17(29-14)12-24-21(27)18-10-19-20(25-15(18)2)7-9-26(22(19)28)13-16-4-3-8-23-11-16/h3-11H,12-13H2,1-2H3,(H,24,27). The molecule has 0 atom stereocenters. The SMILES string of the molecule is Cc1ccc(CNC(=O)c2cc3c(=O)n(Cc4cccnc4)ccc3nc2C)o1. The summed E-state index contributed by atoms with van der Waals surface area (Å²) in [4.78, 5) is 34.2. The predicted molar refractivity (Wildman–Crippen MR) is 109 cm³/mol. The second kappa shape index (κ2) is 7.71. The Labute approximate surface area is 167 Å². The average Bonchev–Trinajstić information content (AvgIpc) is 3.14. The van der Waals surface area contributed by atoms with E-state index in [0.717, 1.165) is 11.3 Å². The number of aryl methyl sites for hydroxylation is 2. The highest BCUT2D eigenvalue weighted by molar-refractivity contribution is 5.98. The summed E-state index contributed by atoms with van der Waals surface area (Å²) in [6, 6.07) is 10.8. The van der Waals surface area contributed by atoms with Gasteiger partial charge >= 0.3 is 0 Å². The molecule has 0 saturated carbocycles. The van der Waals surface area contributed by atoms with Gasteiger partial charge in [-0.05, 0) is 49.7 Å². The van der Waals surface area contributed by atoms with Gasteiger partial charge in [0.15, 0.2) is 0 Å². The summed E-state index contributed by atoms with van der Waals surface area (Å²) in [5.74, 6) is 1.15. The van der Waals surface area contributed by atoms with E-state index in [2.05, 4.69) is 15.3 Å². The van der Waals surface area contributed by atoms with Crippen LogP contribution in [0.5, 0.6) is 0 Å². The van der Waals surface area contributed by atoms with E-state index in [1.165, 1.54) is 0 Å². The van der Waals surface area contributed by atoms with E-state index >= 15 is 0 Å². The topological polar surface area (TPSA) is 90.0 Å². The van der Waals surface area contributed by atoms with Crippen molar-refractivity contribution in [1.82, 2.24) is 19.9 Å². The fraction of sp³-hybridized carbons (Fsp3) is 0.182. The average molecular weight is 388 g/mol. The van der Waals surface area contributed by atoms with Gasteiger partial charge in [0.05, 0.1) is 35.2 Å². The van der Waals surface area contributed by atoms with Gasteiger partial charge in [-0.15, -0.1) is 0 Å². The number of hydrogen-bond acceptors (Lipinski definition) is 5. The Bertz CT molecular complexity index is 1240. The lowest BCUT2D eigenvalue weighted by Gasteiger charge is -2.10. The van der Waals surface area contributed by atoms with Crippen LogP contribution in [-0.4, -0.2) is 20.4 Å². The fourth-order valence-electron chi connectivity index (χ4n) is 3.19. The molecule has 0 aliphatic heterocycles. The van der Waals surface area contributed by atoms with Crippen molar-refractivity contribution < 1.29 is 9.21 Å². The number of nitrogens with zero attached hydrogens (tertiary/aromatic N) is 3. The third kappa shape index (κ3) is 3.94. The first-order chi connectivity index (χ1) is 14.0. The highest BCUT2D eigenvalue weighted by Gasteiger charge is 2.14. The Morgan fingerprint density at radius 1 is 1.21 bits per heavy atom. The van der Waals surface area contributed by atoms with Crippen LogP contribution in [0.15, 0.2) is 64.2 Å². The molecular formula is C22H20N4O3. The maximum Gasteiger partial charge on any atom is 0.260 e. The molecule has 0 unspecified atom stereocenters. The molecule has 0 bridgehead atoms. The molecule has 0 aliphatic carbocycles. The number of pyridine rings is 3. The molecule has 0 saturated heterocycles. The van der Waals surface area contributed by atoms with E-state index in [1.807, 2.05) is 31.2 Å². The first-order valence-electron chi connectivity index (χ1n) is 9.24. The summed E-state index contributed by atoms with van der Waals surface area (Å²) < 4.78 is 7.06. The third-order valence-electron chi connectivity index (χ3n) is 4.69. The van der Waals surface area contributed by atoms with Crippen LogP contribution in [0, 0.1) is 13.8 Å². The van der Waals surface area contributed by atoms with E-state index < -0.39 is 0 Å². The summed E-state index contributed by atoms with van der Waals surface area (Å²) in [5, 5.41) is 3.22. The minimum absolute atomic E-state index is 0.199. The Morgan fingerprint density at radius 2 is 2.07 bits per heavy atom. The molecule has 0 aliphatic rings. The minimum Gasteiger partial charge on any atom is -0.465 e. The van der Waals surface area contributed by atoms with E-state index in [0.29, 0.717) is 34.5 Å². The molecule has 4 rings (SSSR count). The zero-order chi connectivity index (χ0) is 20.4. The summed E-state index contributed by atoms with van der Waals surface area (Å²) in [6.07, 6.45) is 5.12. The number of carbonyl (C=O) groups excluding carboxylic acids is 1. The van der Waals surface area contributed by atoms with Gasteiger partial charge in [-0.25, -0.2) is 0 Å². The molecule has 146 valence electrons. The number of aromatic nitrogens is 3. The number of nitrogens with one attached hydrogen (secondary N) is 1. The second-order valence-electron chi connectivity index (χ2n) is 6.86. The van der Waals surface area contributed by atoms with Gasteiger partial charge in [-0.2, -0.15) is 0 Å². The number of furan rings is 1. The smallest absolute Gasteiger partial charge is 0.260 e. The van der Waals surface area contributed by atoms with E-state index in [1.54, 1.807) is 42.2 Å². The summed E-state index contributed by atoms with van der Waals surface area (Å²) in [5.41, 5.74) is 2.22. The fourth-order valence-corrected chi connectivity index (χ4v) is 3.19. The summed E-state index contributed by atoms with van der Waals surface area (Å²) in [7, 11) is 0. The first-order valence-corrected chi connectivity index (χ1v) is 9.24. The van der Waals surface area contributed by atoms with Crippen molar-refractivity contribution in [1.29, 1.82) is 0 Å². The zero-order valence-corrected chi connectivity index (χ0v) is 16.2. The lowest BCUT2D eigenvalue weighted by molar-refractivity contribution is 0.0947. The van der Waals surface area contributed by atoms with Gasteiger partial charge in [0, 0.05) is 18.6 Å². The van der Waals surface area contributed by atoms with Gasteiger partial charge in [-0.3, -0.25) is 19.6 Å². The molecule has 0 radical (unpaired) electrons. The van der Waals surface area contributed by atoms with E-state index in [4.69, 9.17) is 4.42 Å². The van der Waals surface area contributed by atoms with Crippen LogP contribution >= 0.6 is 0 Å². The molecular weight excluding hydrogens is 368 g/mol. The van der Waals surface area contributed by atoms with E-state index in [-0.39, 0.29) is 18.0 Å². The van der Waals surface area contributed by atoms with Crippen LogP contribution in [0.3, 0.4) is 0 Å². The highest BCUT2D eigenvalue weighted by atomic mass is 16.3. The summed E-state index contributed by atoms with van der Waals surface area (Å²) in [6.45, 7) is 4.27. The van der Waals surface area contributed by atoms with Crippen molar-refractivity contribution in [2.45, 2.75) is 26.9 Å². The number of fused-ring (bicyclic) bond motifs is 1. The van der Waals surface area contributed by atoms with Crippen LogP contribution in [0.1, 0.15) is 33.1 Å². The Hall–Kier alpha value is -3.74. The molecule has 4 heterocycles. The third-order valence-corrected chi connectivity index (χ3v) is 4.69. The summed E-state index contributed by atoms with van der Waals surface area (Å²) >= 11 is 0. The number of carbonyl (C=O) groups is 1. The lowest BCUT2D eigenvalue weighted by atomic mass is 10.1. The molecule has 0 aromatic carbocycles. The zero-order valence-electron chi connectivity index (χ0n) is 16.2. The van der Waals surface area contributed by atoms with Crippen LogP contribution in [-0.2, 0) is 13.1 Å². The van der Waals surface area contributed by atoms with Crippen LogP contribution < -0.4 is 10.9 Å². The van der Waals surface area contributed by atoms with E-state index in [9.17, 15) is 9.59 Å². The Kier molecular flexibility index (Phi) is 4.95. The van der Waals surface area contributed by atoms with Crippen LogP contribution in [0.4, 0.5) is 0 Å². The highest BCUT2D eigenvalue weighted by Crippen LogP contribution is 2.15. The van der Waals surface area contributed by atoms with Gasteiger partial charge in [0.25, 0.3) is 11.5 Å². The van der Waals surface area contributed by atoms with Crippen molar-refractivity contribution in [3.63, 3.8) is 0 Å². The largest absolute Gasteiger partial charge is 0.465 e. The number of hydrogen-bond donors (Lipinski definition) is 1. The molecule has 0 fully saturated rings. The molecule has 7 heteroatoms. The monoisotopic (exact) mass is 388 g/mol. The Balaban J connectivity index is 1.64. The quantitative estimate of drug-likeness (QED) is 0.568. The molecule has 29 heavy (non-hydrogen) atoms. The number of rotatable bonds is 5. The molecule has 4 aromatic heterocycles. The number of amides is 1. The normalized spacial score (nSPS) is 11.0. The van der Waals surface area contributed by atoms with Crippen LogP contribution in [0.25, 0.3) is 10.9 Å². The molecule has 0 spiro atoms. The van der Waals surface area contributed by atoms with Crippen LogP contribution in [0.2, 0.25) is 0 Å². The predicted octanol–water partition coefficient (Wildman–Crippen LogP) is 2.98. The van der Waals surface area contributed by atoms with Crippen molar-refractivity contribution >= 4 is 16.8 Å². The van der Waals surface area contributed by atoms with Gasteiger partial charge in [-0.1, -0.05) is 6.07 Å². The first kappa shape index (κ1) is 18.6. The van der Waals surface area contributed by atoms with Gasteiger partial charge in [0.1, 0.15) is 11.5 Å². The van der Waals surface area contributed by atoms with Gasteiger partial charge in [0.2, 0.25) is 0 Å². The van der Waals surface area contributed by atoms with Crippen molar-refractivity contribution in [3.05, 3.63) is 93.7 Å². The molecule has 7 nitrogen and oxygen atoms in total. The maximum absolute atomic E-state index is 13.0. The molecule has 1 amide bonds. The van der Waals surface area contributed by atoms with Crippen molar-refractivity contribution in [2.24, 2.45) is 0 Å². The van der Waals surface area contributed by atoms with Gasteiger partial charge < -0.3 is 14.3 Å². The van der Waals surface area contributed by atoms with Crippen molar-refractivity contribution in [2.75, 3.05) is 0 Å². The second-order valence-corrected chi connectivity index (χ2v) is 6.86. The Morgan fingerprint density at radius 3 is 2.79 bits per heavy atom. The lowest BCUT2D eigenvalue weighted by Crippen LogP contribution is -2.25. The molecule has 1 N–H and O–H groups in total.